The number of carbonyl (C=O) groups is 1. The minimum atomic E-state index is -3.80. The molecule has 0 spiro atoms. The molecule has 0 fully saturated rings. The molecular formula is C13H19NO6S. The van der Waals surface area contributed by atoms with Crippen LogP contribution < -0.4 is 14.2 Å². The quantitative estimate of drug-likeness (QED) is 0.748. The molecule has 0 aliphatic heterocycles. The number of rotatable bonds is 8. The Morgan fingerprint density at radius 3 is 2.52 bits per heavy atom. The molecule has 118 valence electrons. The average molecular weight is 317 g/mol. The van der Waals surface area contributed by atoms with E-state index in [0.29, 0.717) is 5.75 Å². The highest BCUT2D eigenvalue weighted by Gasteiger charge is 2.22. The highest BCUT2D eigenvalue weighted by Crippen LogP contribution is 2.28. The number of carboxylic acid groups (broad SMARTS) is 1. The molecule has 0 heterocycles. The molecule has 1 unspecified atom stereocenters. The first-order chi connectivity index (χ1) is 9.80. The maximum atomic E-state index is 12.3. The summed E-state index contributed by atoms with van der Waals surface area (Å²) in [5, 5.41) is 8.61. The van der Waals surface area contributed by atoms with Crippen molar-refractivity contribution in [2.45, 2.75) is 30.7 Å². The Morgan fingerprint density at radius 1 is 1.33 bits per heavy atom. The second-order valence-electron chi connectivity index (χ2n) is 4.47. The zero-order chi connectivity index (χ0) is 16.0. The summed E-state index contributed by atoms with van der Waals surface area (Å²) in [7, 11) is -0.968. The SMILES string of the molecule is COc1ccc(S(=O)(=O)NC(C)CCC(=O)O)c(OC)c1. The Hall–Kier alpha value is -1.80. The van der Waals surface area contributed by atoms with E-state index < -0.39 is 22.0 Å². The van der Waals surface area contributed by atoms with Crippen LogP contribution in [0.25, 0.3) is 0 Å². The molecule has 0 radical (unpaired) electrons. The molecule has 1 aromatic carbocycles. The monoisotopic (exact) mass is 317 g/mol. The number of nitrogens with one attached hydrogen (secondary N) is 1. The third-order valence-corrected chi connectivity index (χ3v) is 4.44. The van der Waals surface area contributed by atoms with Gasteiger partial charge in [0.1, 0.15) is 16.4 Å². The Balaban J connectivity index is 2.94. The van der Waals surface area contributed by atoms with Crippen molar-refractivity contribution in [3.63, 3.8) is 0 Å². The van der Waals surface area contributed by atoms with E-state index in [2.05, 4.69) is 4.72 Å². The molecule has 0 aliphatic carbocycles. The van der Waals surface area contributed by atoms with Crippen LogP contribution in [-0.4, -0.2) is 39.8 Å². The maximum Gasteiger partial charge on any atom is 0.303 e. The van der Waals surface area contributed by atoms with Gasteiger partial charge in [-0.2, -0.15) is 0 Å². The van der Waals surface area contributed by atoms with Crippen LogP contribution in [0, 0.1) is 0 Å². The fourth-order valence-electron chi connectivity index (χ4n) is 1.72. The number of aliphatic carboxylic acids is 1. The Labute approximate surface area is 123 Å². The smallest absolute Gasteiger partial charge is 0.303 e. The van der Waals surface area contributed by atoms with Gasteiger partial charge in [0.15, 0.2) is 0 Å². The van der Waals surface area contributed by atoms with Crippen molar-refractivity contribution in [3.05, 3.63) is 18.2 Å². The lowest BCUT2D eigenvalue weighted by molar-refractivity contribution is -0.137. The summed E-state index contributed by atoms with van der Waals surface area (Å²) in [5.41, 5.74) is 0. The van der Waals surface area contributed by atoms with Crippen molar-refractivity contribution >= 4 is 16.0 Å². The van der Waals surface area contributed by atoms with E-state index in [-0.39, 0.29) is 23.5 Å². The lowest BCUT2D eigenvalue weighted by Gasteiger charge is -2.15. The molecule has 0 aromatic heterocycles. The largest absolute Gasteiger partial charge is 0.497 e. The second kappa shape index (κ2) is 7.28. The summed E-state index contributed by atoms with van der Waals surface area (Å²) in [6, 6.07) is 3.86. The zero-order valence-electron chi connectivity index (χ0n) is 12.1. The summed E-state index contributed by atoms with van der Waals surface area (Å²) in [6.07, 6.45) is 0.0937. The molecule has 0 aliphatic rings. The molecule has 0 amide bonds. The normalized spacial score (nSPS) is 12.7. The van der Waals surface area contributed by atoms with Crippen molar-refractivity contribution < 1.29 is 27.8 Å². The van der Waals surface area contributed by atoms with E-state index >= 15 is 0 Å². The number of methoxy groups -OCH3 is 2. The molecule has 7 nitrogen and oxygen atoms in total. The fraction of sp³-hybridized carbons (Fsp3) is 0.462. The molecule has 0 saturated carbocycles. The third kappa shape index (κ3) is 4.91. The zero-order valence-corrected chi connectivity index (χ0v) is 12.9. The first-order valence-electron chi connectivity index (χ1n) is 6.26. The molecule has 21 heavy (non-hydrogen) atoms. The Kier molecular flexibility index (Phi) is 5.98. The minimum Gasteiger partial charge on any atom is -0.497 e. The van der Waals surface area contributed by atoms with Crippen LogP contribution in [0.1, 0.15) is 19.8 Å². The highest BCUT2D eigenvalue weighted by atomic mass is 32.2. The molecule has 0 bridgehead atoms. The van der Waals surface area contributed by atoms with Crippen LogP contribution >= 0.6 is 0 Å². The number of hydrogen-bond donors (Lipinski definition) is 2. The van der Waals surface area contributed by atoms with Crippen LogP contribution in [0.4, 0.5) is 0 Å². The molecule has 1 aromatic rings. The van der Waals surface area contributed by atoms with Crippen molar-refractivity contribution in [2.24, 2.45) is 0 Å². The van der Waals surface area contributed by atoms with E-state index in [1.165, 1.54) is 32.4 Å². The lowest BCUT2D eigenvalue weighted by atomic mass is 10.2. The van der Waals surface area contributed by atoms with Crippen LogP contribution in [0.5, 0.6) is 11.5 Å². The molecule has 1 rings (SSSR count). The van der Waals surface area contributed by atoms with Gasteiger partial charge in [-0.3, -0.25) is 4.79 Å². The van der Waals surface area contributed by atoms with Crippen LogP contribution in [0.3, 0.4) is 0 Å². The number of hydrogen-bond acceptors (Lipinski definition) is 5. The predicted octanol–water partition coefficient (Wildman–Crippen LogP) is 1.24. The van der Waals surface area contributed by atoms with Crippen LogP contribution in [0.15, 0.2) is 23.1 Å². The first-order valence-corrected chi connectivity index (χ1v) is 7.74. The van der Waals surface area contributed by atoms with Crippen molar-refractivity contribution in [2.75, 3.05) is 14.2 Å². The molecule has 2 N–H and O–H groups in total. The third-order valence-electron chi connectivity index (χ3n) is 2.81. The first kappa shape index (κ1) is 17.3. The Bertz CT molecular complexity index is 599. The topological polar surface area (TPSA) is 102 Å². The number of carboxylic acids is 1. The van der Waals surface area contributed by atoms with Gasteiger partial charge in [-0.25, -0.2) is 13.1 Å². The van der Waals surface area contributed by atoms with Crippen molar-refractivity contribution in [3.8, 4) is 11.5 Å². The number of benzene rings is 1. The van der Waals surface area contributed by atoms with E-state index in [0.717, 1.165) is 0 Å². The highest BCUT2D eigenvalue weighted by molar-refractivity contribution is 7.89. The van der Waals surface area contributed by atoms with Crippen molar-refractivity contribution in [1.29, 1.82) is 0 Å². The molecule has 0 saturated heterocycles. The van der Waals surface area contributed by atoms with Gasteiger partial charge in [-0.15, -0.1) is 0 Å². The number of ether oxygens (including phenoxy) is 2. The van der Waals surface area contributed by atoms with Gasteiger partial charge >= 0.3 is 5.97 Å². The van der Waals surface area contributed by atoms with Crippen LogP contribution in [0.2, 0.25) is 0 Å². The Morgan fingerprint density at radius 2 is 2.00 bits per heavy atom. The molecule has 8 heteroatoms. The average Bonchev–Trinajstić information content (AvgIpc) is 2.43. The van der Waals surface area contributed by atoms with E-state index in [9.17, 15) is 13.2 Å². The van der Waals surface area contributed by atoms with Gasteiger partial charge in [0.05, 0.1) is 14.2 Å². The summed E-state index contributed by atoms with van der Waals surface area (Å²) >= 11 is 0. The van der Waals surface area contributed by atoms with Gasteiger partial charge < -0.3 is 14.6 Å². The summed E-state index contributed by atoms with van der Waals surface area (Å²) < 4.78 is 37.1. The van der Waals surface area contributed by atoms with Crippen molar-refractivity contribution in [1.82, 2.24) is 4.72 Å². The van der Waals surface area contributed by atoms with Gasteiger partial charge in [0, 0.05) is 18.5 Å². The van der Waals surface area contributed by atoms with Crippen LogP contribution in [-0.2, 0) is 14.8 Å². The summed E-state index contributed by atoms with van der Waals surface area (Å²) in [5.74, 6) is -0.333. The van der Waals surface area contributed by atoms with Gasteiger partial charge in [0.25, 0.3) is 0 Å². The van der Waals surface area contributed by atoms with E-state index in [4.69, 9.17) is 14.6 Å². The van der Waals surface area contributed by atoms with Gasteiger partial charge in [0.2, 0.25) is 10.0 Å². The van der Waals surface area contributed by atoms with Gasteiger partial charge in [-0.1, -0.05) is 0 Å². The molecular weight excluding hydrogens is 298 g/mol. The summed E-state index contributed by atoms with van der Waals surface area (Å²) in [6.45, 7) is 1.61. The fourth-order valence-corrected chi connectivity index (χ4v) is 3.15. The van der Waals surface area contributed by atoms with Gasteiger partial charge in [-0.05, 0) is 25.5 Å². The predicted molar refractivity (Wildman–Crippen MR) is 76.2 cm³/mol. The minimum absolute atomic E-state index is 0.0204. The maximum absolute atomic E-state index is 12.3. The van der Waals surface area contributed by atoms with E-state index in [1.54, 1.807) is 6.92 Å². The lowest BCUT2D eigenvalue weighted by Crippen LogP contribution is -2.33. The summed E-state index contributed by atoms with van der Waals surface area (Å²) in [4.78, 5) is 10.5. The molecule has 1 atom stereocenters. The van der Waals surface area contributed by atoms with E-state index in [1.807, 2.05) is 0 Å². The second-order valence-corrected chi connectivity index (χ2v) is 6.15. The number of sulfonamides is 1. The standard InChI is InChI=1S/C13H19NO6S/c1-9(4-7-13(15)16)14-21(17,18)12-6-5-10(19-2)8-11(12)20-3/h5-6,8-9,14H,4,7H2,1-3H3,(H,15,16).